The van der Waals surface area contributed by atoms with Crippen molar-refractivity contribution in [3.8, 4) is 11.5 Å². The number of carbonyl (C=O) groups excluding carboxylic acids is 1. The first-order chi connectivity index (χ1) is 16.5. The fourth-order valence-electron chi connectivity index (χ4n) is 4.14. The van der Waals surface area contributed by atoms with Gasteiger partial charge in [0.2, 0.25) is 6.79 Å². The van der Waals surface area contributed by atoms with Crippen molar-refractivity contribution in [2.24, 2.45) is 0 Å². The summed E-state index contributed by atoms with van der Waals surface area (Å²) in [4.78, 5) is 29.0. The van der Waals surface area contributed by atoms with Crippen molar-refractivity contribution >= 4 is 17.7 Å². The number of pyridine rings is 1. The number of carboxylic acids is 1. The maximum Gasteiger partial charge on any atom is 0.305 e. The summed E-state index contributed by atoms with van der Waals surface area (Å²) in [5.41, 5.74) is 3.18. The molecule has 0 saturated heterocycles. The second kappa shape index (κ2) is 9.42. The van der Waals surface area contributed by atoms with Crippen LogP contribution >= 0.6 is 0 Å². The third kappa shape index (κ3) is 4.80. The zero-order valence-corrected chi connectivity index (χ0v) is 18.5. The number of aliphatic carboxylic acids is 1. The van der Waals surface area contributed by atoms with Crippen LogP contribution in [-0.4, -0.2) is 45.1 Å². The Morgan fingerprint density at radius 3 is 2.97 bits per heavy atom. The standard InChI is InChI=1S/C24H25N5O5/c30-22(31)11-19(16-4-6-20-21(10-16)34-14-33-20)28-24(32)17-12-26-29(13-17)9-7-18-5-3-15-2-1-8-25-23(15)27-18/h3-6,10,12-13,19H,1-2,7-9,11,14H2,(H,25,27)(H,28,32)(H,30,31). The Morgan fingerprint density at radius 2 is 2.09 bits per heavy atom. The summed E-state index contributed by atoms with van der Waals surface area (Å²) >= 11 is 0. The SMILES string of the molecule is O=C(O)CC(NC(=O)c1cnn(CCc2ccc3c(n2)NCCC3)c1)c1ccc2c(c1)OCO2. The van der Waals surface area contributed by atoms with E-state index in [4.69, 9.17) is 9.47 Å². The molecule has 0 radical (unpaired) electrons. The van der Waals surface area contributed by atoms with Crippen LogP contribution in [0.15, 0.2) is 42.7 Å². The molecule has 10 heteroatoms. The van der Waals surface area contributed by atoms with E-state index in [1.165, 1.54) is 11.8 Å². The minimum atomic E-state index is -1.02. The van der Waals surface area contributed by atoms with Crippen LogP contribution in [0, 0.1) is 0 Å². The maximum absolute atomic E-state index is 12.9. The van der Waals surface area contributed by atoms with Gasteiger partial charge in [-0.1, -0.05) is 12.1 Å². The first kappa shape index (κ1) is 21.7. The molecule has 176 valence electrons. The predicted octanol–water partition coefficient (Wildman–Crippen LogP) is 2.55. The molecule has 0 spiro atoms. The summed E-state index contributed by atoms with van der Waals surface area (Å²) in [5, 5.41) is 19.8. The molecule has 4 heterocycles. The van der Waals surface area contributed by atoms with Gasteiger partial charge in [-0.25, -0.2) is 4.98 Å². The quantitative estimate of drug-likeness (QED) is 0.465. The summed E-state index contributed by atoms with van der Waals surface area (Å²) < 4.78 is 12.4. The molecule has 3 aromatic rings. The second-order valence-corrected chi connectivity index (χ2v) is 8.32. The van der Waals surface area contributed by atoms with Gasteiger partial charge in [0, 0.05) is 31.4 Å². The lowest BCUT2D eigenvalue weighted by Crippen LogP contribution is -2.30. The smallest absolute Gasteiger partial charge is 0.305 e. The van der Waals surface area contributed by atoms with Crippen LogP contribution < -0.4 is 20.1 Å². The Morgan fingerprint density at radius 1 is 1.21 bits per heavy atom. The van der Waals surface area contributed by atoms with Crippen molar-refractivity contribution in [2.75, 3.05) is 18.7 Å². The number of nitrogens with zero attached hydrogens (tertiary/aromatic N) is 3. The molecule has 2 aromatic heterocycles. The fraction of sp³-hybridized carbons (Fsp3) is 0.333. The van der Waals surface area contributed by atoms with Crippen LogP contribution in [0.1, 0.15) is 46.1 Å². The van der Waals surface area contributed by atoms with Crippen LogP contribution in [0.2, 0.25) is 0 Å². The number of anilines is 1. The largest absolute Gasteiger partial charge is 0.481 e. The van der Waals surface area contributed by atoms with Gasteiger partial charge in [0.1, 0.15) is 5.82 Å². The molecule has 0 bridgehead atoms. The summed E-state index contributed by atoms with van der Waals surface area (Å²) in [6.45, 7) is 1.63. The molecule has 1 atom stereocenters. The van der Waals surface area contributed by atoms with Gasteiger partial charge >= 0.3 is 5.97 Å². The number of hydrogen-bond acceptors (Lipinski definition) is 7. The van der Waals surface area contributed by atoms with Crippen molar-refractivity contribution < 1.29 is 24.2 Å². The van der Waals surface area contributed by atoms with E-state index in [1.54, 1.807) is 29.1 Å². The Bertz CT molecular complexity index is 1220. The number of ether oxygens (including phenoxy) is 2. The number of nitrogens with one attached hydrogen (secondary N) is 2. The van der Waals surface area contributed by atoms with E-state index < -0.39 is 17.9 Å². The first-order valence-electron chi connectivity index (χ1n) is 11.2. The lowest BCUT2D eigenvalue weighted by atomic mass is 10.0. The molecule has 0 saturated carbocycles. The molecule has 34 heavy (non-hydrogen) atoms. The number of carboxylic acid groups (broad SMARTS) is 1. The number of aryl methyl sites for hydroxylation is 3. The van der Waals surface area contributed by atoms with E-state index in [-0.39, 0.29) is 13.2 Å². The number of carbonyl (C=O) groups is 2. The maximum atomic E-state index is 12.9. The molecule has 2 aliphatic heterocycles. The first-order valence-corrected chi connectivity index (χ1v) is 11.2. The van der Waals surface area contributed by atoms with Crippen molar-refractivity contribution in [1.82, 2.24) is 20.1 Å². The lowest BCUT2D eigenvalue weighted by Gasteiger charge is -2.17. The molecule has 0 fully saturated rings. The van der Waals surface area contributed by atoms with Gasteiger partial charge in [0.25, 0.3) is 5.91 Å². The van der Waals surface area contributed by atoms with Crippen LogP contribution in [0.5, 0.6) is 11.5 Å². The normalized spacial score (nSPS) is 14.7. The average molecular weight is 463 g/mol. The third-order valence-corrected chi connectivity index (χ3v) is 5.93. The molecule has 10 nitrogen and oxygen atoms in total. The van der Waals surface area contributed by atoms with Gasteiger partial charge < -0.3 is 25.2 Å². The van der Waals surface area contributed by atoms with E-state index in [2.05, 4.69) is 26.8 Å². The van der Waals surface area contributed by atoms with Gasteiger partial charge in [-0.15, -0.1) is 0 Å². The molecular formula is C24H25N5O5. The summed E-state index contributed by atoms with van der Waals surface area (Å²) in [6, 6.07) is 8.55. The Hall–Kier alpha value is -4.08. The number of aromatic nitrogens is 3. The molecule has 1 amide bonds. The zero-order chi connectivity index (χ0) is 23.5. The van der Waals surface area contributed by atoms with Crippen molar-refractivity contribution in [3.05, 3.63) is 65.1 Å². The van der Waals surface area contributed by atoms with E-state index in [1.807, 2.05) is 6.07 Å². The van der Waals surface area contributed by atoms with Crippen LogP contribution in [0.3, 0.4) is 0 Å². The van der Waals surface area contributed by atoms with Gasteiger partial charge in [-0.2, -0.15) is 5.10 Å². The number of amides is 1. The number of hydrogen-bond donors (Lipinski definition) is 3. The van der Waals surface area contributed by atoms with Crippen LogP contribution in [-0.2, 0) is 24.2 Å². The van der Waals surface area contributed by atoms with Crippen LogP contribution in [0.25, 0.3) is 0 Å². The lowest BCUT2D eigenvalue weighted by molar-refractivity contribution is -0.137. The van der Waals surface area contributed by atoms with Crippen molar-refractivity contribution in [2.45, 2.75) is 38.3 Å². The minimum Gasteiger partial charge on any atom is -0.481 e. The highest BCUT2D eigenvalue weighted by Gasteiger charge is 2.23. The molecule has 1 unspecified atom stereocenters. The minimum absolute atomic E-state index is 0.116. The third-order valence-electron chi connectivity index (χ3n) is 5.93. The van der Waals surface area contributed by atoms with Gasteiger partial charge in [0.15, 0.2) is 11.5 Å². The van der Waals surface area contributed by atoms with Crippen molar-refractivity contribution in [3.63, 3.8) is 0 Å². The van der Waals surface area contributed by atoms with Gasteiger partial charge in [-0.3, -0.25) is 14.3 Å². The Kier molecular flexibility index (Phi) is 6.03. The van der Waals surface area contributed by atoms with E-state index >= 15 is 0 Å². The van der Waals surface area contributed by atoms with E-state index in [0.29, 0.717) is 35.6 Å². The van der Waals surface area contributed by atoms with Gasteiger partial charge in [0.05, 0.1) is 24.2 Å². The second-order valence-electron chi connectivity index (χ2n) is 8.32. The highest BCUT2D eigenvalue weighted by atomic mass is 16.7. The number of benzene rings is 1. The summed E-state index contributed by atoms with van der Waals surface area (Å²) in [6.07, 6.45) is 5.71. The molecule has 0 aliphatic carbocycles. The topological polar surface area (TPSA) is 128 Å². The van der Waals surface area contributed by atoms with Crippen molar-refractivity contribution in [1.29, 1.82) is 0 Å². The zero-order valence-electron chi connectivity index (χ0n) is 18.5. The Labute approximate surface area is 195 Å². The summed E-state index contributed by atoms with van der Waals surface area (Å²) in [7, 11) is 0. The highest BCUT2D eigenvalue weighted by molar-refractivity contribution is 5.94. The summed E-state index contributed by atoms with van der Waals surface area (Å²) in [5.74, 6) is 0.657. The predicted molar refractivity (Wildman–Crippen MR) is 122 cm³/mol. The highest BCUT2D eigenvalue weighted by Crippen LogP contribution is 2.35. The number of rotatable bonds is 8. The molecule has 3 N–H and O–H groups in total. The average Bonchev–Trinajstić information content (AvgIpc) is 3.51. The molecule has 1 aromatic carbocycles. The molecule has 2 aliphatic rings. The Balaban J connectivity index is 1.23. The molecular weight excluding hydrogens is 438 g/mol. The van der Waals surface area contributed by atoms with E-state index in [9.17, 15) is 14.7 Å². The molecule has 5 rings (SSSR count). The fourth-order valence-corrected chi connectivity index (χ4v) is 4.14. The monoisotopic (exact) mass is 463 g/mol. The van der Waals surface area contributed by atoms with Gasteiger partial charge in [-0.05, 0) is 42.2 Å². The van der Waals surface area contributed by atoms with E-state index in [0.717, 1.165) is 30.9 Å². The van der Waals surface area contributed by atoms with Crippen LogP contribution in [0.4, 0.5) is 5.82 Å². The number of fused-ring (bicyclic) bond motifs is 2.